The molecule has 0 fully saturated rings. The Kier molecular flexibility index (Phi) is 16.5. The van der Waals surface area contributed by atoms with Crippen LogP contribution in [0.15, 0.2) is 60.7 Å². The van der Waals surface area contributed by atoms with Gasteiger partial charge in [0.05, 0.1) is 17.8 Å². The van der Waals surface area contributed by atoms with Crippen LogP contribution in [0.3, 0.4) is 0 Å². The summed E-state index contributed by atoms with van der Waals surface area (Å²) in [6.07, 6.45) is 5.96. The van der Waals surface area contributed by atoms with Crippen LogP contribution in [0, 0.1) is 0 Å². The minimum atomic E-state index is -0.358. The van der Waals surface area contributed by atoms with Crippen LogP contribution in [0.5, 0.6) is 5.75 Å². The van der Waals surface area contributed by atoms with E-state index in [1.807, 2.05) is 50.2 Å². The first kappa shape index (κ1) is 31.3. The van der Waals surface area contributed by atoms with Crippen LogP contribution >= 0.6 is 0 Å². The van der Waals surface area contributed by atoms with E-state index in [4.69, 9.17) is 28.4 Å². The van der Waals surface area contributed by atoms with Crippen LogP contribution in [-0.4, -0.2) is 57.6 Å². The molecule has 2 unspecified atom stereocenters. The fraction of sp³-hybridized carbons (Fsp3) is 0.533. The summed E-state index contributed by atoms with van der Waals surface area (Å²) in [5, 5.41) is 0. The van der Waals surface area contributed by atoms with Crippen molar-refractivity contribution in [3.63, 3.8) is 0 Å². The lowest BCUT2D eigenvalue weighted by Gasteiger charge is -2.14. The SMILES string of the molecule is CC(COC(=O)CCCCCCCCOCOC(C)COC(=O)c1ccccc1)OCOc1ccccc1. The molecule has 210 valence electrons. The summed E-state index contributed by atoms with van der Waals surface area (Å²) >= 11 is 0. The first-order valence-electron chi connectivity index (χ1n) is 13.4. The van der Waals surface area contributed by atoms with Gasteiger partial charge < -0.3 is 28.4 Å². The fourth-order valence-corrected chi connectivity index (χ4v) is 3.37. The highest BCUT2D eigenvalue weighted by Crippen LogP contribution is 2.10. The minimum absolute atomic E-state index is 0.117. The van der Waals surface area contributed by atoms with Gasteiger partial charge in [0.2, 0.25) is 0 Å². The predicted molar refractivity (Wildman–Crippen MR) is 144 cm³/mol. The smallest absolute Gasteiger partial charge is 0.338 e. The van der Waals surface area contributed by atoms with Gasteiger partial charge in [0, 0.05) is 13.0 Å². The van der Waals surface area contributed by atoms with Crippen molar-refractivity contribution in [1.82, 2.24) is 0 Å². The molecule has 0 N–H and O–H groups in total. The summed E-state index contributed by atoms with van der Waals surface area (Å²) in [5.74, 6) is 0.189. The molecule has 0 aliphatic rings. The van der Waals surface area contributed by atoms with Crippen molar-refractivity contribution in [3.05, 3.63) is 66.2 Å². The molecule has 0 saturated heterocycles. The Labute approximate surface area is 226 Å². The number of hydrogen-bond acceptors (Lipinski definition) is 8. The van der Waals surface area contributed by atoms with E-state index in [-0.39, 0.29) is 50.9 Å². The number of carbonyl (C=O) groups excluding carboxylic acids is 2. The second-order valence-electron chi connectivity index (χ2n) is 9.07. The lowest BCUT2D eigenvalue weighted by molar-refractivity contribution is -0.149. The number of benzene rings is 2. The van der Waals surface area contributed by atoms with Crippen molar-refractivity contribution < 1.29 is 38.0 Å². The molecule has 0 saturated carbocycles. The molecule has 2 rings (SSSR count). The van der Waals surface area contributed by atoms with Gasteiger partial charge in [-0.2, -0.15) is 0 Å². The lowest BCUT2D eigenvalue weighted by Crippen LogP contribution is -2.21. The van der Waals surface area contributed by atoms with Crippen LogP contribution in [0.25, 0.3) is 0 Å². The molecule has 0 aliphatic heterocycles. The van der Waals surface area contributed by atoms with E-state index in [0.717, 1.165) is 44.3 Å². The highest BCUT2D eigenvalue weighted by Gasteiger charge is 2.10. The first-order valence-corrected chi connectivity index (χ1v) is 13.4. The van der Waals surface area contributed by atoms with Crippen LogP contribution in [0.2, 0.25) is 0 Å². The third-order valence-electron chi connectivity index (χ3n) is 5.61. The van der Waals surface area contributed by atoms with Gasteiger partial charge in [0.25, 0.3) is 0 Å². The summed E-state index contributed by atoms with van der Waals surface area (Å²) in [7, 11) is 0. The average Bonchev–Trinajstić information content (AvgIpc) is 2.94. The van der Waals surface area contributed by atoms with E-state index >= 15 is 0 Å². The zero-order valence-corrected chi connectivity index (χ0v) is 22.7. The second kappa shape index (κ2) is 20.1. The molecule has 2 aromatic carbocycles. The highest BCUT2D eigenvalue weighted by molar-refractivity contribution is 5.89. The van der Waals surface area contributed by atoms with E-state index < -0.39 is 0 Å². The van der Waals surface area contributed by atoms with Crippen LogP contribution in [0.1, 0.15) is 69.2 Å². The Morgan fingerprint density at radius 3 is 1.97 bits per heavy atom. The normalized spacial score (nSPS) is 12.5. The van der Waals surface area contributed by atoms with E-state index in [0.29, 0.717) is 18.6 Å². The monoisotopic (exact) mass is 530 g/mol. The molecule has 0 radical (unpaired) electrons. The van der Waals surface area contributed by atoms with Gasteiger partial charge in [-0.15, -0.1) is 0 Å². The van der Waals surface area contributed by atoms with Crippen molar-refractivity contribution in [2.24, 2.45) is 0 Å². The molecule has 2 atom stereocenters. The largest absolute Gasteiger partial charge is 0.468 e. The van der Waals surface area contributed by atoms with Crippen molar-refractivity contribution in [2.45, 2.75) is 71.0 Å². The molecular weight excluding hydrogens is 488 g/mol. The molecule has 0 aromatic heterocycles. The van der Waals surface area contributed by atoms with Gasteiger partial charge >= 0.3 is 11.9 Å². The van der Waals surface area contributed by atoms with Crippen LogP contribution in [0.4, 0.5) is 0 Å². The van der Waals surface area contributed by atoms with Crippen LogP contribution < -0.4 is 4.74 Å². The lowest BCUT2D eigenvalue weighted by atomic mass is 10.1. The van der Waals surface area contributed by atoms with E-state index in [1.165, 1.54) is 0 Å². The Morgan fingerprint density at radius 2 is 1.26 bits per heavy atom. The second-order valence-corrected chi connectivity index (χ2v) is 9.07. The Morgan fingerprint density at radius 1 is 0.684 bits per heavy atom. The van der Waals surface area contributed by atoms with E-state index in [1.54, 1.807) is 24.3 Å². The van der Waals surface area contributed by atoms with Gasteiger partial charge in [-0.25, -0.2) is 4.79 Å². The van der Waals surface area contributed by atoms with Crippen molar-refractivity contribution in [3.8, 4) is 5.75 Å². The molecule has 0 bridgehead atoms. The fourth-order valence-electron chi connectivity index (χ4n) is 3.37. The maximum Gasteiger partial charge on any atom is 0.338 e. The predicted octanol–water partition coefficient (Wildman–Crippen LogP) is 5.94. The maximum absolute atomic E-state index is 11.9. The quantitative estimate of drug-likeness (QED) is 0.111. The molecule has 0 aliphatic carbocycles. The van der Waals surface area contributed by atoms with Gasteiger partial charge in [-0.3, -0.25) is 4.79 Å². The standard InChI is InChI=1S/C30H42O8/c1-25(37-24-38-28-17-11-8-12-18-28)21-34-29(31)19-13-5-3-4-6-14-20-33-23-36-26(2)22-35-30(32)27-15-9-7-10-16-27/h7-12,15-18,25-26H,3-6,13-14,19-24H2,1-2H3. The Bertz CT molecular complexity index is 874. The molecule has 0 spiro atoms. The minimum Gasteiger partial charge on any atom is -0.468 e. The summed E-state index contributed by atoms with van der Waals surface area (Å²) in [5.41, 5.74) is 0.525. The number of esters is 2. The van der Waals surface area contributed by atoms with Crippen molar-refractivity contribution in [2.75, 3.05) is 33.4 Å². The van der Waals surface area contributed by atoms with Gasteiger partial charge in [0.15, 0.2) is 6.79 Å². The third kappa shape index (κ3) is 15.3. The number of rotatable bonds is 21. The number of para-hydroxylation sites is 1. The highest BCUT2D eigenvalue weighted by atomic mass is 16.7. The first-order chi connectivity index (χ1) is 18.5. The molecule has 38 heavy (non-hydrogen) atoms. The average molecular weight is 531 g/mol. The number of hydrogen-bond donors (Lipinski definition) is 0. The van der Waals surface area contributed by atoms with Crippen molar-refractivity contribution >= 4 is 11.9 Å². The molecule has 8 heteroatoms. The molecular formula is C30H42O8. The van der Waals surface area contributed by atoms with Gasteiger partial charge in [-0.1, -0.05) is 62.1 Å². The summed E-state index contributed by atoms with van der Waals surface area (Å²) < 4.78 is 32.5. The maximum atomic E-state index is 11.9. The summed E-state index contributed by atoms with van der Waals surface area (Å²) in [4.78, 5) is 23.8. The van der Waals surface area contributed by atoms with Crippen LogP contribution in [-0.2, 0) is 28.5 Å². The number of unbranched alkanes of at least 4 members (excludes halogenated alkanes) is 5. The Balaban J connectivity index is 1.32. The molecule has 0 heterocycles. The van der Waals surface area contributed by atoms with Gasteiger partial charge in [0.1, 0.15) is 25.8 Å². The topological polar surface area (TPSA) is 89.5 Å². The van der Waals surface area contributed by atoms with Crippen molar-refractivity contribution in [1.29, 1.82) is 0 Å². The Hall–Kier alpha value is -2.94. The summed E-state index contributed by atoms with van der Waals surface area (Å²) in [6, 6.07) is 18.3. The van der Waals surface area contributed by atoms with E-state index in [2.05, 4.69) is 0 Å². The van der Waals surface area contributed by atoms with Gasteiger partial charge in [-0.05, 0) is 51.0 Å². The summed E-state index contributed by atoms with van der Waals surface area (Å²) in [6.45, 7) is 5.01. The molecule has 2 aromatic rings. The zero-order valence-electron chi connectivity index (χ0n) is 22.7. The molecule has 0 amide bonds. The van der Waals surface area contributed by atoms with E-state index in [9.17, 15) is 9.59 Å². The zero-order chi connectivity index (χ0) is 27.3. The number of carbonyl (C=O) groups is 2. The number of ether oxygens (including phenoxy) is 6. The third-order valence-corrected chi connectivity index (χ3v) is 5.61. The molecule has 8 nitrogen and oxygen atoms in total.